The second kappa shape index (κ2) is 7.08. The number of hydrogen-bond donors (Lipinski definition) is 2. The second-order valence-corrected chi connectivity index (χ2v) is 6.18. The van der Waals surface area contributed by atoms with Gasteiger partial charge in [0, 0.05) is 17.2 Å². The molecule has 0 amide bonds. The Morgan fingerprint density at radius 3 is 2.18 bits per heavy atom. The number of aliphatic hydroxyl groups is 1. The zero-order valence-electron chi connectivity index (χ0n) is 14.5. The van der Waals surface area contributed by atoms with Gasteiger partial charge in [-0.25, -0.2) is 13.8 Å². The summed E-state index contributed by atoms with van der Waals surface area (Å²) in [4.78, 5) is 20.5. The summed E-state index contributed by atoms with van der Waals surface area (Å²) in [7, 11) is 0. The Balaban J connectivity index is 1.96. The van der Waals surface area contributed by atoms with Crippen LogP contribution in [0.15, 0.2) is 72.8 Å². The molecule has 4 rings (SSSR count). The number of rotatable bonds is 4. The van der Waals surface area contributed by atoms with Gasteiger partial charge in [-0.15, -0.1) is 0 Å². The van der Waals surface area contributed by atoms with Crippen LogP contribution in [-0.4, -0.2) is 20.9 Å². The SMILES string of the molecule is O=C(C(=C(O)c1cc(F)cc(F)c1)c1nc2ccccc2[nH]1)c1ccccc1. The van der Waals surface area contributed by atoms with E-state index in [1.165, 1.54) is 0 Å². The number of nitrogens with one attached hydrogen (secondary N) is 1. The fourth-order valence-corrected chi connectivity index (χ4v) is 2.97. The fraction of sp³-hybridized carbons (Fsp3) is 0. The molecule has 1 heterocycles. The third kappa shape index (κ3) is 3.27. The van der Waals surface area contributed by atoms with Crippen molar-refractivity contribution >= 4 is 28.1 Å². The highest BCUT2D eigenvalue weighted by molar-refractivity contribution is 6.33. The second-order valence-electron chi connectivity index (χ2n) is 6.18. The first-order chi connectivity index (χ1) is 13.5. The van der Waals surface area contributed by atoms with E-state index in [9.17, 15) is 18.7 Å². The van der Waals surface area contributed by atoms with Gasteiger partial charge in [-0.1, -0.05) is 42.5 Å². The quantitative estimate of drug-likeness (QED) is 0.294. The van der Waals surface area contributed by atoms with E-state index in [0.29, 0.717) is 22.7 Å². The number of H-pyrrole nitrogens is 1. The van der Waals surface area contributed by atoms with Crippen LogP contribution >= 0.6 is 0 Å². The lowest BCUT2D eigenvalue weighted by Gasteiger charge is -2.09. The van der Waals surface area contributed by atoms with E-state index in [1.54, 1.807) is 54.6 Å². The van der Waals surface area contributed by atoms with Gasteiger partial charge in [0.1, 0.15) is 28.8 Å². The van der Waals surface area contributed by atoms with Crippen LogP contribution in [0.4, 0.5) is 8.78 Å². The van der Waals surface area contributed by atoms with Gasteiger partial charge in [-0.3, -0.25) is 4.79 Å². The molecule has 0 aliphatic heterocycles. The highest BCUT2D eigenvalue weighted by Crippen LogP contribution is 2.28. The van der Waals surface area contributed by atoms with Gasteiger partial charge < -0.3 is 10.1 Å². The van der Waals surface area contributed by atoms with E-state index >= 15 is 0 Å². The van der Waals surface area contributed by atoms with E-state index in [-0.39, 0.29) is 17.0 Å². The van der Waals surface area contributed by atoms with Gasteiger partial charge >= 0.3 is 0 Å². The highest BCUT2D eigenvalue weighted by atomic mass is 19.1. The summed E-state index contributed by atoms with van der Waals surface area (Å²) in [5, 5.41) is 10.8. The van der Waals surface area contributed by atoms with Crippen molar-refractivity contribution < 1.29 is 18.7 Å². The largest absolute Gasteiger partial charge is 0.506 e. The summed E-state index contributed by atoms with van der Waals surface area (Å²) in [6.45, 7) is 0. The molecule has 4 nitrogen and oxygen atoms in total. The summed E-state index contributed by atoms with van der Waals surface area (Å²) in [5.74, 6) is -2.71. The van der Waals surface area contributed by atoms with Crippen molar-refractivity contribution in [2.45, 2.75) is 0 Å². The maximum absolute atomic E-state index is 13.7. The molecule has 0 saturated carbocycles. The van der Waals surface area contributed by atoms with E-state index in [0.717, 1.165) is 12.1 Å². The number of fused-ring (bicyclic) bond motifs is 1. The zero-order chi connectivity index (χ0) is 19.7. The molecule has 4 aromatic rings. The number of para-hydroxylation sites is 2. The van der Waals surface area contributed by atoms with Crippen LogP contribution in [0.25, 0.3) is 22.4 Å². The van der Waals surface area contributed by atoms with Gasteiger partial charge in [0.15, 0.2) is 0 Å². The van der Waals surface area contributed by atoms with Crippen molar-refractivity contribution in [2.75, 3.05) is 0 Å². The molecule has 0 bridgehead atoms. The predicted molar refractivity (Wildman–Crippen MR) is 103 cm³/mol. The first-order valence-corrected chi connectivity index (χ1v) is 8.47. The average Bonchev–Trinajstić information content (AvgIpc) is 3.11. The number of halogens is 2. The molecule has 0 unspecified atom stereocenters. The number of Topliss-reactive ketones (excluding diaryl/α,β-unsaturated/α-hetero) is 1. The lowest BCUT2D eigenvalue weighted by Crippen LogP contribution is -2.07. The molecule has 1 aromatic heterocycles. The van der Waals surface area contributed by atoms with Gasteiger partial charge in [0.2, 0.25) is 5.78 Å². The first-order valence-electron chi connectivity index (χ1n) is 8.47. The van der Waals surface area contributed by atoms with Crippen LogP contribution in [0.2, 0.25) is 0 Å². The number of aromatic nitrogens is 2. The molecule has 6 heteroatoms. The number of ketones is 1. The molecular formula is C22H14F2N2O2. The van der Waals surface area contributed by atoms with Crippen molar-refractivity contribution in [1.82, 2.24) is 9.97 Å². The normalized spacial score (nSPS) is 12.1. The number of aliphatic hydroxyl groups excluding tert-OH is 1. The number of benzene rings is 3. The van der Waals surface area contributed by atoms with Gasteiger partial charge in [0.05, 0.1) is 11.0 Å². The van der Waals surface area contributed by atoms with Crippen molar-refractivity contribution in [3.63, 3.8) is 0 Å². The van der Waals surface area contributed by atoms with E-state index in [1.807, 2.05) is 0 Å². The summed E-state index contributed by atoms with van der Waals surface area (Å²) < 4.78 is 27.3. The third-order valence-corrected chi connectivity index (χ3v) is 4.26. The highest BCUT2D eigenvalue weighted by Gasteiger charge is 2.24. The summed E-state index contributed by atoms with van der Waals surface area (Å²) in [5.41, 5.74) is 1.23. The van der Waals surface area contributed by atoms with Crippen LogP contribution in [0.3, 0.4) is 0 Å². The number of aromatic amines is 1. The number of carbonyl (C=O) groups is 1. The van der Waals surface area contributed by atoms with Crippen molar-refractivity contribution in [2.24, 2.45) is 0 Å². The smallest absolute Gasteiger partial charge is 0.200 e. The Bertz CT molecular complexity index is 1160. The van der Waals surface area contributed by atoms with Gasteiger partial charge in [0.25, 0.3) is 0 Å². The lowest BCUT2D eigenvalue weighted by atomic mass is 9.98. The maximum Gasteiger partial charge on any atom is 0.200 e. The van der Waals surface area contributed by atoms with Gasteiger partial charge in [-0.2, -0.15) is 0 Å². The molecule has 0 aliphatic rings. The topological polar surface area (TPSA) is 66.0 Å². The Morgan fingerprint density at radius 1 is 0.857 bits per heavy atom. The minimum atomic E-state index is -0.863. The van der Waals surface area contributed by atoms with Crippen molar-refractivity contribution in [3.8, 4) is 0 Å². The molecule has 0 fully saturated rings. The Labute approximate surface area is 158 Å². The Morgan fingerprint density at radius 2 is 1.50 bits per heavy atom. The molecule has 0 atom stereocenters. The monoisotopic (exact) mass is 376 g/mol. The Kier molecular flexibility index (Phi) is 4.45. The first kappa shape index (κ1) is 17.6. The standard InChI is InChI=1S/C22H14F2N2O2/c23-15-10-14(11-16(24)12-15)21(28)19(20(27)13-6-2-1-3-7-13)22-25-17-8-4-5-9-18(17)26-22/h1-12,28H,(H,25,26). The molecule has 2 N–H and O–H groups in total. The summed E-state index contributed by atoms with van der Waals surface area (Å²) in [6, 6.07) is 18.0. The minimum Gasteiger partial charge on any atom is -0.506 e. The molecule has 28 heavy (non-hydrogen) atoms. The maximum atomic E-state index is 13.7. The predicted octanol–water partition coefficient (Wildman–Crippen LogP) is 5.15. The van der Waals surface area contributed by atoms with Crippen molar-refractivity contribution in [3.05, 3.63) is 101 Å². The zero-order valence-corrected chi connectivity index (χ0v) is 14.5. The molecule has 0 radical (unpaired) electrons. The summed E-state index contributed by atoms with van der Waals surface area (Å²) >= 11 is 0. The van der Waals surface area contributed by atoms with Gasteiger partial charge in [-0.05, 0) is 24.3 Å². The number of hydrogen-bond acceptors (Lipinski definition) is 3. The van der Waals surface area contributed by atoms with Crippen LogP contribution in [0, 0.1) is 11.6 Å². The average molecular weight is 376 g/mol. The Hall–Kier alpha value is -3.80. The third-order valence-electron chi connectivity index (χ3n) is 4.26. The fourth-order valence-electron chi connectivity index (χ4n) is 2.97. The minimum absolute atomic E-state index is 0.109. The summed E-state index contributed by atoms with van der Waals surface area (Å²) in [6.07, 6.45) is 0. The van der Waals surface area contributed by atoms with Crippen LogP contribution in [0.1, 0.15) is 21.7 Å². The molecule has 138 valence electrons. The van der Waals surface area contributed by atoms with E-state index in [2.05, 4.69) is 9.97 Å². The van der Waals surface area contributed by atoms with Crippen LogP contribution in [-0.2, 0) is 0 Å². The lowest BCUT2D eigenvalue weighted by molar-refractivity contribution is 0.105. The molecule has 0 aliphatic carbocycles. The van der Waals surface area contributed by atoms with Crippen molar-refractivity contribution in [1.29, 1.82) is 0 Å². The van der Waals surface area contributed by atoms with Crippen LogP contribution in [0.5, 0.6) is 0 Å². The van der Waals surface area contributed by atoms with E-state index < -0.39 is 23.2 Å². The molecular weight excluding hydrogens is 362 g/mol. The molecule has 0 spiro atoms. The number of imidazole rings is 1. The molecule has 0 saturated heterocycles. The number of allylic oxidation sites excluding steroid dienone is 1. The number of carbonyl (C=O) groups excluding carboxylic acids is 1. The van der Waals surface area contributed by atoms with E-state index in [4.69, 9.17) is 0 Å². The van der Waals surface area contributed by atoms with Crippen LogP contribution < -0.4 is 0 Å². The number of nitrogens with zero attached hydrogens (tertiary/aromatic N) is 1. The molecule has 3 aromatic carbocycles.